The average Bonchev–Trinajstić information content (AvgIpc) is 3.04. The molecule has 16 heteroatoms. The highest BCUT2D eigenvalue weighted by Gasteiger charge is 2.19. The second kappa shape index (κ2) is 20.9. The van der Waals surface area contributed by atoms with Crippen LogP contribution in [0.1, 0.15) is 89.0 Å². The standard InChI is InChI=1S/C32H46N8O6S2/c1-7-9-29(43)45-13-11-27(21(3)39(19-41)17-25-15-35-23(5)37-31(25)33)47-48-28(12-14-46-30(44)10-8-2)22(4)40(20-42)18-26-16-36-24(6)38-32(26)34/h15-16,19-20H,7-14,17-18H2,1-6H3,(H2,33,35,37)(H2,34,36,38)/b27-21-,28-22-. The van der Waals surface area contributed by atoms with Crippen LogP contribution in [0.25, 0.3) is 0 Å². The van der Waals surface area contributed by atoms with Crippen LogP contribution in [0.5, 0.6) is 0 Å². The number of rotatable bonds is 21. The van der Waals surface area contributed by atoms with Crippen LogP contribution in [-0.2, 0) is 41.7 Å². The zero-order valence-corrected chi connectivity index (χ0v) is 30.1. The summed E-state index contributed by atoms with van der Waals surface area (Å²) in [6.07, 6.45) is 7.11. The molecule has 0 spiro atoms. The van der Waals surface area contributed by atoms with Crippen molar-refractivity contribution in [2.24, 2.45) is 0 Å². The summed E-state index contributed by atoms with van der Waals surface area (Å²) in [7, 11) is 2.70. The highest BCUT2D eigenvalue weighted by molar-refractivity contribution is 8.79. The van der Waals surface area contributed by atoms with Gasteiger partial charge in [0.15, 0.2) is 0 Å². The van der Waals surface area contributed by atoms with Crippen molar-refractivity contribution in [2.45, 2.75) is 93.2 Å². The van der Waals surface area contributed by atoms with Crippen LogP contribution in [0.3, 0.4) is 0 Å². The monoisotopic (exact) mass is 702 g/mol. The Labute approximate surface area is 289 Å². The van der Waals surface area contributed by atoms with Gasteiger partial charge in [-0.25, -0.2) is 19.9 Å². The molecule has 0 aliphatic heterocycles. The molecule has 0 aliphatic carbocycles. The number of allylic oxidation sites excluding steroid dienone is 2. The first-order valence-corrected chi connectivity index (χ1v) is 17.7. The van der Waals surface area contributed by atoms with E-state index in [1.54, 1.807) is 40.1 Å². The van der Waals surface area contributed by atoms with E-state index in [4.69, 9.17) is 20.9 Å². The first kappa shape index (κ1) is 40.0. The van der Waals surface area contributed by atoms with Gasteiger partial charge in [-0.2, -0.15) is 0 Å². The van der Waals surface area contributed by atoms with Gasteiger partial charge in [-0.05, 0) is 40.5 Å². The van der Waals surface area contributed by atoms with E-state index >= 15 is 0 Å². The fourth-order valence-corrected chi connectivity index (χ4v) is 7.00. The minimum atomic E-state index is -0.310. The van der Waals surface area contributed by atoms with E-state index in [0.29, 0.717) is 85.5 Å². The van der Waals surface area contributed by atoms with Crippen molar-refractivity contribution in [1.82, 2.24) is 29.7 Å². The highest BCUT2D eigenvalue weighted by Crippen LogP contribution is 2.43. The van der Waals surface area contributed by atoms with E-state index in [9.17, 15) is 19.2 Å². The van der Waals surface area contributed by atoms with E-state index in [-0.39, 0.29) is 49.9 Å². The molecule has 2 heterocycles. The second-order valence-electron chi connectivity index (χ2n) is 10.7. The molecule has 48 heavy (non-hydrogen) atoms. The summed E-state index contributed by atoms with van der Waals surface area (Å²) in [5, 5.41) is 0. The third-order valence-corrected chi connectivity index (χ3v) is 9.92. The molecule has 0 saturated carbocycles. The van der Waals surface area contributed by atoms with Crippen molar-refractivity contribution < 1.29 is 28.7 Å². The maximum absolute atomic E-state index is 12.3. The van der Waals surface area contributed by atoms with Gasteiger partial charge in [0, 0.05) is 70.4 Å². The maximum Gasteiger partial charge on any atom is 0.305 e. The van der Waals surface area contributed by atoms with Gasteiger partial charge in [0.2, 0.25) is 12.8 Å². The first-order chi connectivity index (χ1) is 22.9. The number of ether oxygens (including phenoxy) is 2. The van der Waals surface area contributed by atoms with Crippen molar-refractivity contribution in [3.05, 3.63) is 56.4 Å². The number of nitrogen functional groups attached to an aromatic ring is 2. The normalized spacial score (nSPS) is 12.0. The average molecular weight is 703 g/mol. The summed E-state index contributed by atoms with van der Waals surface area (Å²) in [6, 6.07) is 0. The molecule has 262 valence electrons. The number of aromatic nitrogens is 4. The number of aryl methyl sites for hydroxylation is 2. The number of esters is 2. The van der Waals surface area contributed by atoms with Crippen LogP contribution >= 0.6 is 21.6 Å². The summed E-state index contributed by atoms with van der Waals surface area (Å²) >= 11 is 0. The number of nitrogens with two attached hydrogens (primary N) is 2. The fourth-order valence-electron chi connectivity index (χ4n) is 4.16. The Morgan fingerprint density at radius 1 is 0.729 bits per heavy atom. The van der Waals surface area contributed by atoms with Gasteiger partial charge in [0.05, 0.1) is 26.3 Å². The lowest BCUT2D eigenvalue weighted by atomic mass is 10.2. The molecule has 2 rings (SSSR count). The van der Waals surface area contributed by atoms with Crippen LogP contribution in [-0.4, -0.2) is 67.7 Å². The van der Waals surface area contributed by atoms with E-state index in [1.807, 2.05) is 13.8 Å². The number of carbonyl (C=O) groups excluding carboxylic acids is 4. The summed E-state index contributed by atoms with van der Waals surface area (Å²) in [4.78, 5) is 70.2. The van der Waals surface area contributed by atoms with Crippen molar-refractivity contribution in [3.63, 3.8) is 0 Å². The van der Waals surface area contributed by atoms with Crippen molar-refractivity contribution >= 4 is 58.0 Å². The van der Waals surface area contributed by atoms with E-state index in [2.05, 4.69) is 19.9 Å². The predicted molar refractivity (Wildman–Crippen MR) is 187 cm³/mol. The highest BCUT2D eigenvalue weighted by atomic mass is 33.1. The van der Waals surface area contributed by atoms with Crippen molar-refractivity contribution in [3.8, 4) is 0 Å². The Balaban J connectivity index is 2.45. The zero-order valence-electron chi connectivity index (χ0n) is 28.5. The molecular formula is C32H46N8O6S2. The summed E-state index contributed by atoms with van der Waals surface area (Å²) in [6.45, 7) is 11.3. The molecule has 2 aromatic rings. The molecule has 0 saturated heterocycles. The molecule has 2 amide bonds. The van der Waals surface area contributed by atoms with Crippen LogP contribution < -0.4 is 11.5 Å². The number of nitrogens with zero attached hydrogens (tertiary/aromatic N) is 6. The van der Waals surface area contributed by atoms with Gasteiger partial charge in [0.25, 0.3) is 0 Å². The predicted octanol–water partition coefficient (Wildman–Crippen LogP) is 4.98. The zero-order chi connectivity index (χ0) is 35.6. The van der Waals surface area contributed by atoms with Gasteiger partial charge in [-0.15, -0.1) is 0 Å². The van der Waals surface area contributed by atoms with Crippen LogP contribution in [0.15, 0.2) is 33.6 Å². The molecule has 0 atom stereocenters. The molecule has 14 nitrogen and oxygen atoms in total. The van der Waals surface area contributed by atoms with Gasteiger partial charge >= 0.3 is 11.9 Å². The third-order valence-electron chi connectivity index (χ3n) is 6.98. The number of hydrogen-bond acceptors (Lipinski definition) is 14. The van der Waals surface area contributed by atoms with Gasteiger partial charge in [-0.1, -0.05) is 35.4 Å². The quantitative estimate of drug-likeness (QED) is 0.100. The summed E-state index contributed by atoms with van der Waals surface area (Å²) in [5.41, 5.74) is 14.6. The van der Waals surface area contributed by atoms with Gasteiger partial charge < -0.3 is 30.7 Å². The molecule has 0 aliphatic rings. The molecule has 0 fully saturated rings. The third kappa shape index (κ3) is 13.1. The van der Waals surface area contributed by atoms with Crippen LogP contribution in [0.2, 0.25) is 0 Å². The van der Waals surface area contributed by atoms with Gasteiger partial charge in [-0.3, -0.25) is 19.2 Å². The lowest BCUT2D eigenvalue weighted by molar-refractivity contribution is -0.144. The van der Waals surface area contributed by atoms with E-state index < -0.39 is 0 Å². The molecule has 0 aromatic carbocycles. The summed E-state index contributed by atoms with van der Waals surface area (Å²) < 4.78 is 10.9. The number of carbonyl (C=O) groups is 4. The molecule has 4 N–H and O–H groups in total. The minimum absolute atomic E-state index is 0.0986. The fraction of sp³-hybridized carbons (Fsp3) is 0.500. The Hall–Kier alpha value is -4.18. The molecule has 2 aromatic heterocycles. The Morgan fingerprint density at radius 3 is 1.42 bits per heavy atom. The maximum atomic E-state index is 12.3. The first-order valence-electron chi connectivity index (χ1n) is 15.6. The van der Waals surface area contributed by atoms with E-state index in [0.717, 1.165) is 9.81 Å². The van der Waals surface area contributed by atoms with Gasteiger partial charge in [0.1, 0.15) is 23.3 Å². The lowest BCUT2D eigenvalue weighted by Gasteiger charge is -2.24. The molecule has 0 radical (unpaired) electrons. The molecular weight excluding hydrogens is 657 g/mol. The largest absolute Gasteiger partial charge is 0.465 e. The second-order valence-corrected chi connectivity index (χ2v) is 13.1. The van der Waals surface area contributed by atoms with Crippen LogP contribution in [0, 0.1) is 13.8 Å². The topological polar surface area (TPSA) is 197 Å². The summed E-state index contributed by atoms with van der Waals surface area (Å²) in [5.74, 6) is 0.947. The lowest BCUT2D eigenvalue weighted by Crippen LogP contribution is -2.22. The minimum Gasteiger partial charge on any atom is -0.465 e. The Kier molecular flexibility index (Phi) is 17.4. The number of anilines is 2. The Morgan fingerprint density at radius 2 is 1.10 bits per heavy atom. The van der Waals surface area contributed by atoms with E-state index in [1.165, 1.54) is 31.4 Å². The van der Waals surface area contributed by atoms with Crippen molar-refractivity contribution in [2.75, 3.05) is 24.7 Å². The number of hydrogen-bond donors (Lipinski definition) is 2. The molecule has 0 bridgehead atoms. The van der Waals surface area contributed by atoms with Crippen molar-refractivity contribution in [1.29, 1.82) is 0 Å². The smallest absolute Gasteiger partial charge is 0.305 e. The Bertz CT molecular complexity index is 1380. The number of amides is 2. The van der Waals surface area contributed by atoms with Crippen LogP contribution in [0.4, 0.5) is 11.6 Å². The molecule has 0 unspecified atom stereocenters. The SMILES string of the molecule is CCCC(=O)OCC/C(SS/C(CCOC(=O)CCC)=C(/C)N(C=O)Cc1cnc(C)nc1N)=C(\C)N(C=O)Cc1cnc(C)nc1N.